The highest BCUT2D eigenvalue weighted by molar-refractivity contribution is 5.71. The Labute approximate surface area is 211 Å². The molecule has 0 amide bonds. The third-order valence-corrected chi connectivity index (χ3v) is 6.24. The standard InChI is InChI=1S/C31H29N3O2/c1-21(2)25-16-14-24(15-17-25)19-28-31(36-22(3)35)34-20-29(26-12-8-5-9-13-26)32-27(30(34)33-28)18-23-10-6-4-7-11-23/h4-17,20-21H,18-19H2,1-3H3. The molecule has 2 heterocycles. The predicted molar refractivity (Wildman–Crippen MR) is 142 cm³/mol. The fourth-order valence-electron chi connectivity index (χ4n) is 4.36. The zero-order valence-electron chi connectivity index (χ0n) is 20.8. The van der Waals surface area contributed by atoms with Gasteiger partial charge >= 0.3 is 5.97 Å². The van der Waals surface area contributed by atoms with Gasteiger partial charge in [0, 0.05) is 31.5 Å². The highest BCUT2D eigenvalue weighted by Gasteiger charge is 2.21. The van der Waals surface area contributed by atoms with E-state index in [1.54, 1.807) is 0 Å². The molecule has 0 aliphatic heterocycles. The molecule has 5 nitrogen and oxygen atoms in total. The second-order valence-corrected chi connectivity index (χ2v) is 9.33. The van der Waals surface area contributed by atoms with E-state index in [9.17, 15) is 4.79 Å². The van der Waals surface area contributed by atoms with Crippen LogP contribution in [0.25, 0.3) is 16.9 Å². The monoisotopic (exact) mass is 475 g/mol. The van der Waals surface area contributed by atoms with E-state index < -0.39 is 0 Å². The molecule has 0 atom stereocenters. The van der Waals surface area contributed by atoms with Gasteiger partial charge < -0.3 is 4.74 Å². The summed E-state index contributed by atoms with van der Waals surface area (Å²) in [5, 5.41) is 0. The molecule has 5 rings (SSSR count). The van der Waals surface area contributed by atoms with E-state index in [1.165, 1.54) is 12.5 Å². The Morgan fingerprint density at radius 1 is 0.806 bits per heavy atom. The number of esters is 1. The van der Waals surface area contributed by atoms with Crippen molar-refractivity contribution in [2.45, 2.75) is 39.5 Å². The quantitative estimate of drug-likeness (QED) is 0.248. The van der Waals surface area contributed by atoms with Crippen molar-refractivity contribution in [3.05, 3.63) is 119 Å². The maximum absolute atomic E-state index is 12.1. The summed E-state index contributed by atoms with van der Waals surface area (Å²) in [4.78, 5) is 22.1. The Morgan fingerprint density at radius 2 is 1.42 bits per heavy atom. The molecule has 180 valence electrons. The second kappa shape index (κ2) is 10.2. The zero-order chi connectivity index (χ0) is 25.1. The van der Waals surface area contributed by atoms with Crippen LogP contribution in [0.2, 0.25) is 0 Å². The number of ether oxygens (including phenoxy) is 1. The molecule has 0 spiro atoms. The first-order valence-corrected chi connectivity index (χ1v) is 12.3. The lowest BCUT2D eigenvalue weighted by atomic mass is 10.0. The summed E-state index contributed by atoms with van der Waals surface area (Å²) in [5.41, 5.74) is 7.56. The van der Waals surface area contributed by atoms with E-state index in [0.717, 1.165) is 28.1 Å². The smallest absolute Gasteiger partial charge is 0.309 e. The number of benzene rings is 3. The number of carbonyl (C=O) groups is 1. The van der Waals surface area contributed by atoms with E-state index in [4.69, 9.17) is 14.7 Å². The summed E-state index contributed by atoms with van der Waals surface area (Å²) in [6.07, 6.45) is 3.08. The molecule has 3 aromatic carbocycles. The Bertz CT molecular complexity index is 1490. The van der Waals surface area contributed by atoms with Crippen LogP contribution in [0.4, 0.5) is 0 Å². The first kappa shape index (κ1) is 23.5. The van der Waals surface area contributed by atoms with Crippen LogP contribution in [0.15, 0.2) is 91.1 Å². The molecule has 0 N–H and O–H groups in total. The average molecular weight is 476 g/mol. The van der Waals surface area contributed by atoms with Crippen LogP contribution in [0.5, 0.6) is 5.88 Å². The maximum Gasteiger partial charge on any atom is 0.309 e. The van der Waals surface area contributed by atoms with E-state index in [1.807, 2.05) is 59.1 Å². The lowest BCUT2D eigenvalue weighted by molar-refractivity contribution is -0.132. The average Bonchev–Trinajstić information content (AvgIpc) is 3.22. The van der Waals surface area contributed by atoms with Crippen molar-refractivity contribution in [2.75, 3.05) is 0 Å². The van der Waals surface area contributed by atoms with Crippen LogP contribution >= 0.6 is 0 Å². The Morgan fingerprint density at radius 3 is 2.06 bits per heavy atom. The van der Waals surface area contributed by atoms with Crippen molar-refractivity contribution in [1.82, 2.24) is 14.4 Å². The van der Waals surface area contributed by atoms with Crippen LogP contribution in [0.1, 0.15) is 54.8 Å². The van der Waals surface area contributed by atoms with E-state index >= 15 is 0 Å². The Balaban J connectivity index is 1.66. The van der Waals surface area contributed by atoms with Gasteiger partial charge in [0.05, 0.1) is 11.4 Å². The lowest BCUT2D eigenvalue weighted by Crippen LogP contribution is -2.07. The van der Waals surface area contributed by atoms with Crippen LogP contribution < -0.4 is 4.74 Å². The van der Waals surface area contributed by atoms with Crippen LogP contribution in [-0.4, -0.2) is 20.3 Å². The molecule has 5 heteroatoms. The number of hydrogen-bond donors (Lipinski definition) is 0. The van der Waals surface area contributed by atoms with E-state index in [0.29, 0.717) is 36.0 Å². The zero-order valence-corrected chi connectivity index (χ0v) is 20.8. The molecular weight excluding hydrogens is 446 g/mol. The number of carbonyl (C=O) groups excluding carboxylic acids is 1. The summed E-state index contributed by atoms with van der Waals surface area (Å²) in [5.74, 6) is 0.532. The highest BCUT2D eigenvalue weighted by atomic mass is 16.5. The van der Waals surface area contributed by atoms with Crippen molar-refractivity contribution in [1.29, 1.82) is 0 Å². The molecule has 5 aromatic rings. The SMILES string of the molecule is CC(=O)Oc1c(Cc2ccc(C(C)C)cc2)nc2c(Cc3ccccc3)nc(-c3ccccc3)cn12. The molecule has 0 radical (unpaired) electrons. The minimum absolute atomic E-state index is 0.379. The molecule has 0 unspecified atom stereocenters. The van der Waals surface area contributed by atoms with Gasteiger partial charge in [-0.05, 0) is 22.6 Å². The van der Waals surface area contributed by atoms with Crippen molar-refractivity contribution in [3.63, 3.8) is 0 Å². The molecule has 2 aromatic heterocycles. The minimum Gasteiger partial charge on any atom is -0.407 e. The van der Waals surface area contributed by atoms with Gasteiger partial charge in [-0.2, -0.15) is 0 Å². The fraction of sp³-hybridized carbons (Fsp3) is 0.194. The highest BCUT2D eigenvalue weighted by Crippen LogP contribution is 2.29. The summed E-state index contributed by atoms with van der Waals surface area (Å²) in [6, 6.07) is 28.8. The van der Waals surface area contributed by atoms with Crippen LogP contribution in [0.3, 0.4) is 0 Å². The molecule has 0 saturated heterocycles. The second-order valence-electron chi connectivity index (χ2n) is 9.33. The Hall–Kier alpha value is -4.25. The number of aromatic nitrogens is 3. The first-order chi connectivity index (χ1) is 17.5. The molecule has 0 saturated carbocycles. The van der Waals surface area contributed by atoms with Gasteiger partial charge in [0.15, 0.2) is 5.65 Å². The van der Waals surface area contributed by atoms with Gasteiger partial charge in [0.1, 0.15) is 5.69 Å². The molecular formula is C31H29N3O2. The van der Waals surface area contributed by atoms with E-state index in [-0.39, 0.29) is 5.97 Å². The third kappa shape index (κ3) is 5.05. The van der Waals surface area contributed by atoms with Gasteiger partial charge in [-0.3, -0.25) is 9.20 Å². The van der Waals surface area contributed by atoms with E-state index in [2.05, 4.69) is 50.2 Å². The number of fused-ring (bicyclic) bond motifs is 1. The maximum atomic E-state index is 12.1. The predicted octanol–water partition coefficient (Wildman–Crippen LogP) is 6.63. The van der Waals surface area contributed by atoms with Crippen molar-refractivity contribution < 1.29 is 9.53 Å². The molecule has 36 heavy (non-hydrogen) atoms. The van der Waals surface area contributed by atoms with Gasteiger partial charge in [-0.1, -0.05) is 98.8 Å². The lowest BCUT2D eigenvalue weighted by Gasteiger charge is -2.10. The molecule has 0 aliphatic carbocycles. The van der Waals surface area contributed by atoms with Crippen molar-refractivity contribution >= 4 is 11.6 Å². The largest absolute Gasteiger partial charge is 0.407 e. The van der Waals surface area contributed by atoms with Gasteiger partial charge in [0.25, 0.3) is 0 Å². The summed E-state index contributed by atoms with van der Waals surface area (Å²) >= 11 is 0. The van der Waals surface area contributed by atoms with Crippen molar-refractivity contribution in [3.8, 4) is 17.1 Å². The number of imidazole rings is 1. The fourth-order valence-corrected chi connectivity index (χ4v) is 4.36. The number of nitrogens with zero attached hydrogens (tertiary/aromatic N) is 3. The third-order valence-electron chi connectivity index (χ3n) is 6.24. The summed E-state index contributed by atoms with van der Waals surface area (Å²) in [7, 11) is 0. The first-order valence-electron chi connectivity index (χ1n) is 12.3. The molecule has 0 aliphatic rings. The van der Waals surface area contributed by atoms with Crippen LogP contribution in [0, 0.1) is 0 Å². The van der Waals surface area contributed by atoms with Gasteiger partial charge in [-0.15, -0.1) is 0 Å². The van der Waals surface area contributed by atoms with Crippen molar-refractivity contribution in [2.24, 2.45) is 0 Å². The number of rotatable bonds is 7. The molecule has 0 fully saturated rings. The summed E-state index contributed by atoms with van der Waals surface area (Å²) < 4.78 is 7.64. The Kier molecular flexibility index (Phi) is 6.63. The van der Waals surface area contributed by atoms with Gasteiger partial charge in [-0.25, -0.2) is 9.97 Å². The minimum atomic E-state index is -0.379. The topological polar surface area (TPSA) is 56.5 Å². The summed E-state index contributed by atoms with van der Waals surface area (Å²) in [6.45, 7) is 5.79. The normalized spacial score (nSPS) is 11.2. The van der Waals surface area contributed by atoms with Gasteiger partial charge in [0.2, 0.25) is 5.88 Å². The number of hydrogen-bond acceptors (Lipinski definition) is 4. The van der Waals surface area contributed by atoms with Crippen LogP contribution in [-0.2, 0) is 17.6 Å². The molecule has 0 bridgehead atoms.